The summed E-state index contributed by atoms with van der Waals surface area (Å²) in [6, 6.07) is 4.41. The van der Waals surface area contributed by atoms with Gasteiger partial charge in [-0.3, -0.25) is 0 Å². The predicted molar refractivity (Wildman–Crippen MR) is 73.2 cm³/mol. The van der Waals surface area contributed by atoms with Gasteiger partial charge >= 0.3 is 0 Å². The number of furan rings is 1. The molecule has 1 rings (SSSR count). The van der Waals surface area contributed by atoms with Gasteiger partial charge in [0.2, 0.25) is 0 Å². The van der Waals surface area contributed by atoms with Crippen LogP contribution in [-0.4, -0.2) is 11.6 Å². The molecular weight excluding hydrogens is 210 g/mol. The Kier molecular flexibility index (Phi) is 4.42. The highest BCUT2D eigenvalue weighted by Gasteiger charge is 2.26. The third-order valence-corrected chi connectivity index (χ3v) is 2.70. The Morgan fingerprint density at radius 2 is 1.88 bits per heavy atom. The van der Waals surface area contributed by atoms with E-state index in [0.29, 0.717) is 11.5 Å². The van der Waals surface area contributed by atoms with Crippen molar-refractivity contribution in [3.05, 3.63) is 24.2 Å². The predicted octanol–water partition coefficient (Wildman–Crippen LogP) is 4.02. The summed E-state index contributed by atoms with van der Waals surface area (Å²) in [6.07, 6.45) is 3.84. The molecule has 2 heteroatoms. The van der Waals surface area contributed by atoms with Crippen molar-refractivity contribution < 1.29 is 4.42 Å². The van der Waals surface area contributed by atoms with Crippen LogP contribution in [0.1, 0.15) is 53.7 Å². The van der Waals surface area contributed by atoms with Crippen molar-refractivity contribution in [2.75, 3.05) is 0 Å². The largest absolute Gasteiger partial charge is 0.469 e. The zero-order chi connectivity index (χ0) is 13.1. The van der Waals surface area contributed by atoms with Crippen LogP contribution in [0.4, 0.5) is 0 Å². The molecule has 0 aliphatic carbocycles. The fourth-order valence-electron chi connectivity index (χ4n) is 2.83. The molecule has 0 amide bonds. The van der Waals surface area contributed by atoms with Gasteiger partial charge in [-0.1, -0.05) is 20.8 Å². The Morgan fingerprint density at radius 3 is 2.35 bits per heavy atom. The first-order valence-corrected chi connectivity index (χ1v) is 6.48. The maximum atomic E-state index is 5.38. The van der Waals surface area contributed by atoms with Crippen LogP contribution in [0.5, 0.6) is 0 Å². The number of nitrogens with one attached hydrogen (secondary N) is 1. The molecule has 1 aromatic heterocycles. The van der Waals surface area contributed by atoms with Crippen LogP contribution in [0.2, 0.25) is 0 Å². The van der Waals surface area contributed by atoms with E-state index in [1.807, 2.05) is 12.1 Å². The van der Waals surface area contributed by atoms with E-state index in [1.54, 1.807) is 6.26 Å². The molecule has 1 unspecified atom stereocenters. The number of hydrogen-bond acceptors (Lipinski definition) is 2. The average Bonchev–Trinajstić information content (AvgIpc) is 2.49. The highest BCUT2D eigenvalue weighted by molar-refractivity contribution is 5.00. The van der Waals surface area contributed by atoms with Crippen molar-refractivity contribution in [1.82, 2.24) is 5.32 Å². The Hall–Kier alpha value is -0.760. The third-order valence-electron chi connectivity index (χ3n) is 2.70. The van der Waals surface area contributed by atoms with Crippen LogP contribution in [0.15, 0.2) is 22.8 Å². The molecule has 17 heavy (non-hydrogen) atoms. The first kappa shape index (κ1) is 14.3. The van der Waals surface area contributed by atoms with Gasteiger partial charge in [0.1, 0.15) is 5.76 Å². The highest BCUT2D eigenvalue weighted by atomic mass is 16.3. The molecule has 0 saturated carbocycles. The van der Waals surface area contributed by atoms with E-state index in [9.17, 15) is 0 Å². The zero-order valence-electron chi connectivity index (χ0n) is 12.1. The summed E-state index contributed by atoms with van der Waals surface area (Å²) in [5.41, 5.74) is 0.505. The lowest BCUT2D eigenvalue weighted by atomic mass is 9.81. The molecule has 0 spiro atoms. The Balaban J connectivity index is 2.47. The minimum absolute atomic E-state index is 0.157. The van der Waals surface area contributed by atoms with Crippen molar-refractivity contribution in [3.63, 3.8) is 0 Å². The van der Waals surface area contributed by atoms with Gasteiger partial charge < -0.3 is 9.73 Å². The second-order valence-corrected chi connectivity index (χ2v) is 6.95. The van der Waals surface area contributed by atoms with Gasteiger partial charge in [0, 0.05) is 18.0 Å². The SMILES string of the molecule is CC(Cc1ccco1)NC(C)(C)CC(C)(C)C. The topological polar surface area (TPSA) is 25.2 Å². The molecule has 0 bridgehead atoms. The van der Waals surface area contributed by atoms with Crippen molar-refractivity contribution >= 4 is 0 Å². The van der Waals surface area contributed by atoms with Crippen molar-refractivity contribution in [1.29, 1.82) is 0 Å². The third kappa shape index (κ3) is 5.92. The molecule has 1 N–H and O–H groups in total. The zero-order valence-corrected chi connectivity index (χ0v) is 12.1. The van der Waals surface area contributed by atoms with E-state index in [-0.39, 0.29) is 5.54 Å². The molecule has 2 nitrogen and oxygen atoms in total. The maximum absolute atomic E-state index is 5.38. The summed E-state index contributed by atoms with van der Waals surface area (Å²) in [7, 11) is 0. The molecular formula is C15H27NO. The van der Waals surface area contributed by atoms with Crippen LogP contribution in [0.25, 0.3) is 0 Å². The van der Waals surface area contributed by atoms with Gasteiger partial charge in [-0.05, 0) is 44.7 Å². The first-order chi connectivity index (χ1) is 7.68. The van der Waals surface area contributed by atoms with Crippen molar-refractivity contribution in [2.45, 2.75) is 66.0 Å². The van der Waals surface area contributed by atoms with E-state index in [4.69, 9.17) is 4.42 Å². The normalized spacial score (nSPS) is 14.9. The van der Waals surface area contributed by atoms with Crippen LogP contribution in [-0.2, 0) is 6.42 Å². The molecule has 0 saturated heterocycles. The van der Waals surface area contributed by atoms with E-state index < -0.39 is 0 Å². The summed E-state index contributed by atoms with van der Waals surface area (Å²) in [4.78, 5) is 0. The minimum atomic E-state index is 0.157. The highest BCUT2D eigenvalue weighted by Crippen LogP contribution is 2.27. The van der Waals surface area contributed by atoms with E-state index in [2.05, 4.69) is 46.9 Å². The fraction of sp³-hybridized carbons (Fsp3) is 0.733. The molecule has 1 atom stereocenters. The van der Waals surface area contributed by atoms with Gasteiger partial charge in [-0.25, -0.2) is 0 Å². The monoisotopic (exact) mass is 237 g/mol. The summed E-state index contributed by atoms with van der Waals surface area (Å²) in [6.45, 7) is 13.6. The van der Waals surface area contributed by atoms with Crippen molar-refractivity contribution in [2.24, 2.45) is 5.41 Å². The fourth-order valence-corrected chi connectivity index (χ4v) is 2.83. The summed E-state index contributed by atoms with van der Waals surface area (Å²) in [5.74, 6) is 1.05. The van der Waals surface area contributed by atoms with Gasteiger partial charge in [0.15, 0.2) is 0 Å². The Labute approximate surface area is 106 Å². The lowest BCUT2D eigenvalue weighted by molar-refractivity contribution is 0.223. The standard InChI is InChI=1S/C15H27NO/c1-12(10-13-8-7-9-17-13)16-15(5,6)11-14(2,3)4/h7-9,12,16H,10-11H2,1-6H3. The molecule has 0 aromatic carbocycles. The summed E-state index contributed by atoms with van der Waals surface area (Å²) in [5, 5.41) is 3.69. The maximum Gasteiger partial charge on any atom is 0.105 e. The quantitative estimate of drug-likeness (QED) is 0.837. The number of rotatable bonds is 5. The van der Waals surface area contributed by atoms with Crippen LogP contribution in [0, 0.1) is 5.41 Å². The van der Waals surface area contributed by atoms with E-state index >= 15 is 0 Å². The van der Waals surface area contributed by atoms with Gasteiger partial charge in [0.25, 0.3) is 0 Å². The molecule has 0 radical (unpaired) electrons. The van der Waals surface area contributed by atoms with Gasteiger partial charge in [-0.15, -0.1) is 0 Å². The van der Waals surface area contributed by atoms with Crippen LogP contribution in [0.3, 0.4) is 0 Å². The molecule has 1 aromatic rings. The number of hydrogen-bond donors (Lipinski definition) is 1. The molecule has 0 fully saturated rings. The van der Waals surface area contributed by atoms with Crippen LogP contribution >= 0.6 is 0 Å². The molecule has 0 aliphatic heterocycles. The summed E-state index contributed by atoms with van der Waals surface area (Å²) < 4.78 is 5.38. The van der Waals surface area contributed by atoms with E-state index in [1.165, 1.54) is 0 Å². The molecule has 0 aliphatic rings. The smallest absolute Gasteiger partial charge is 0.105 e. The average molecular weight is 237 g/mol. The second kappa shape index (κ2) is 5.26. The molecule has 1 heterocycles. The van der Waals surface area contributed by atoms with Gasteiger partial charge in [-0.2, -0.15) is 0 Å². The lowest BCUT2D eigenvalue weighted by Gasteiger charge is -2.35. The van der Waals surface area contributed by atoms with Crippen LogP contribution < -0.4 is 5.32 Å². The minimum Gasteiger partial charge on any atom is -0.469 e. The Morgan fingerprint density at radius 1 is 1.24 bits per heavy atom. The second-order valence-electron chi connectivity index (χ2n) is 6.95. The Bertz CT molecular complexity index is 319. The molecule has 98 valence electrons. The van der Waals surface area contributed by atoms with Crippen molar-refractivity contribution in [3.8, 4) is 0 Å². The van der Waals surface area contributed by atoms with E-state index in [0.717, 1.165) is 18.6 Å². The van der Waals surface area contributed by atoms with Gasteiger partial charge in [0.05, 0.1) is 6.26 Å². The first-order valence-electron chi connectivity index (χ1n) is 6.48. The summed E-state index contributed by atoms with van der Waals surface area (Å²) >= 11 is 0. The lowest BCUT2D eigenvalue weighted by Crippen LogP contribution is -2.47.